The van der Waals surface area contributed by atoms with Crippen LogP contribution in [0.15, 0.2) is 58.9 Å². The molecular weight excluding hydrogens is 382 g/mol. The molecule has 0 spiro atoms. The van der Waals surface area contributed by atoms with Crippen LogP contribution in [0.25, 0.3) is 5.70 Å². The summed E-state index contributed by atoms with van der Waals surface area (Å²) in [6, 6.07) is 14.6. The fourth-order valence-electron chi connectivity index (χ4n) is 3.84. The molecule has 27 heavy (non-hydrogen) atoms. The Hall–Kier alpha value is -2.96. The highest BCUT2D eigenvalue weighted by molar-refractivity contribution is 7.71. The number of rotatable bonds is 1. The molecule has 5 nitrogen and oxygen atoms in total. The molecule has 0 radical (unpaired) electrons. The molecule has 1 aliphatic heterocycles. The Bertz CT molecular complexity index is 1270. The van der Waals surface area contributed by atoms with Crippen LogP contribution in [0.5, 0.6) is 0 Å². The predicted molar refractivity (Wildman–Crippen MR) is 107 cm³/mol. The van der Waals surface area contributed by atoms with Crippen LogP contribution in [0, 0.1) is 4.77 Å². The van der Waals surface area contributed by atoms with Crippen LogP contribution in [0.3, 0.4) is 0 Å². The SMILES string of the molecule is O=C1C2=C(Nc3[nH]c(=S)[nH]c(=O)c3C2c2ccc(Cl)cc2)c2ccccc21. The van der Waals surface area contributed by atoms with Gasteiger partial charge in [0.2, 0.25) is 0 Å². The molecule has 0 bridgehead atoms. The predicted octanol–water partition coefficient (Wildman–Crippen LogP) is 4.25. The van der Waals surface area contributed by atoms with Gasteiger partial charge in [0.25, 0.3) is 5.56 Å². The van der Waals surface area contributed by atoms with Crippen LogP contribution in [0.2, 0.25) is 5.02 Å². The highest BCUT2D eigenvalue weighted by Gasteiger charge is 2.41. The van der Waals surface area contributed by atoms with E-state index in [1.54, 1.807) is 18.2 Å². The summed E-state index contributed by atoms with van der Waals surface area (Å²) < 4.78 is 0.225. The first-order valence-corrected chi connectivity index (χ1v) is 9.10. The Morgan fingerprint density at radius 1 is 0.926 bits per heavy atom. The number of carbonyl (C=O) groups is 1. The Labute approximate surface area is 163 Å². The standard InChI is InChI=1S/C20H12ClN3O2S/c21-10-7-5-9(6-8-10)13-14-16(11-3-1-2-4-12(11)17(14)25)22-18-15(13)19(26)24-20(27)23-18/h1-8,13H,(H3,22,23,24,26,27). The van der Waals surface area contributed by atoms with Crippen molar-refractivity contribution in [2.75, 3.05) is 5.32 Å². The fraction of sp³-hybridized carbons (Fsp3) is 0.0500. The summed E-state index contributed by atoms with van der Waals surface area (Å²) in [5.74, 6) is -0.100. The molecule has 1 unspecified atom stereocenters. The number of hydrogen-bond donors (Lipinski definition) is 3. The Morgan fingerprint density at radius 3 is 2.37 bits per heavy atom. The van der Waals surface area contributed by atoms with Gasteiger partial charge in [-0.05, 0) is 29.9 Å². The minimum Gasteiger partial charge on any atom is -0.340 e. The monoisotopic (exact) mass is 393 g/mol. The van der Waals surface area contributed by atoms with Gasteiger partial charge in [0.05, 0.1) is 11.3 Å². The summed E-state index contributed by atoms with van der Waals surface area (Å²) in [6.07, 6.45) is 0. The average molecular weight is 394 g/mol. The molecule has 3 aromatic rings. The van der Waals surface area contributed by atoms with Crippen molar-refractivity contribution in [3.05, 3.63) is 96.5 Å². The largest absolute Gasteiger partial charge is 0.340 e. The second-order valence-corrected chi connectivity index (χ2v) is 7.31. The van der Waals surface area contributed by atoms with Gasteiger partial charge in [0.15, 0.2) is 10.6 Å². The van der Waals surface area contributed by atoms with Gasteiger partial charge in [0, 0.05) is 27.6 Å². The van der Waals surface area contributed by atoms with Crippen LogP contribution in [-0.4, -0.2) is 15.8 Å². The number of ketones is 1. The number of allylic oxidation sites excluding steroid dienone is 1. The molecule has 2 aromatic carbocycles. The van der Waals surface area contributed by atoms with E-state index in [0.29, 0.717) is 33.2 Å². The van der Waals surface area contributed by atoms with Crippen molar-refractivity contribution in [2.24, 2.45) is 0 Å². The molecule has 3 N–H and O–H groups in total. The first-order valence-electron chi connectivity index (χ1n) is 8.32. The van der Waals surface area contributed by atoms with E-state index in [1.807, 2.05) is 30.3 Å². The van der Waals surface area contributed by atoms with Crippen LogP contribution < -0.4 is 10.9 Å². The van der Waals surface area contributed by atoms with Crippen molar-refractivity contribution in [1.82, 2.24) is 9.97 Å². The lowest BCUT2D eigenvalue weighted by atomic mass is 9.82. The molecule has 7 heteroatoms. The van der Waals surface area contributed by atoms with Gasteiger partial charge in [-0.2, -0.15) is 0 Å². The number of H-pyrrole nitrogens is 2. The second-order valence-electron chi connectivity index (χ2n) is 6.47. The molecule has 2 heterocycles. The summed E-state index contributed by atoms with van der Waals surface area (Å²) in [7, 11) is 0. The van der Waals surface area contributed by atoms with Gasteiger partial charge in [0.1, 0.15) is 5.82 Å². The van der Waals surface area contributed by atoms with Crippen LogP contribution >= 0.6 is 23.8 Å². The van der Waals surface area contributed by atoms with Gasteiger partial charge in [-0.15, -0.1) is 0 Å². The number of anilines is 1. The zero-order valence-corrected chi connectivity index (χ0v) is 15.4. The Kier molecular flexibility index (Phi) is 3.47. The molecule has 0 saturated heterocycles. The van der Waals surface area contributed by atoms with Gasteiger partial charge >= 0.3 is 0 Å². The lowest BCUT2D eigenvalue weighted by Crippen LogP contribution is -2.28. The molecule has 1 aromatic heterocycles. The summed E-state index contributed by atoms with van der Waals surface area (Å²) in [6.45, 7) is 0. The maximum absolute atomic E-state index is 13.2. The fourth-order valence-corrected chi connectivity index (χ4v) is 4.16. The average Bonchev–Trinajstić information content (AvgIpc) is 2.93. The number of aromatic amines is 2. The van der Waals surface area contributed by atoms with Gasteiger partial charge < -0.3 is 10.3 Å². The van der Waals surface area contributed by atoms with E-state index in [9.17, 15) is 9.59 Å². The highest BCUT2D eigenvalue weighted by atomic mass is 35.5. The smallest absolute Gasteiger partial charge is 0.257 e. The number of halogens is 1. The summed E-state index contributed by atoms with van der Waals surface area (Å²) in [5, 5.41) is 3.82. The van der Waals surface area contributed by atoms with E-state index in [0.717, 1.165) is 11.1 Å². The zero-order valence-electron chi connectivity index (χ0n) is 13.8. The highest BCUT2D eigenvalue weighted by Crippen LogP contribution is 2.47. The number of aromatic nitrogens is 2. The lowest BCUT2D eigenvalue weighted by molar-refractivity contribution is 0.103. The number of hydrogen-bond acceptors (Lipinski definition) is 4. The third kappa shape index (κ3) is 2.34. The summed E-state index contributed by atoms with van der Waals surface area (Å²) in [4.78, 5) is 31.6. The summed E-state index contributed by atoms with van der Waals surface area (Å²) >= 11 is 11.2. The molecule has 1 atom stereocenters. The minimum absolute atomic E-state index is 0.0828. The molecule has 0 fully saturated rings. The molecular formula is C20H12ClN3O2S. The number of benzene rings is 2. The van der Waals surface area contributed by atoms with Gasteiger partial charge in [-0.3, -0.25) is 14.6 Å². The molecule has 1 aliphatic carbocycles. The number of carbonyl (C=O) groups excluding carboxylic acids is 1. The van der Waals surface area contributed by atoms with Crippen LogP contribution in [0.1, 0.15) is 33.0 Å². The van der Waals surface area contributed by atoms with E-state index < -0.39 is 5.92 Å². The number of fused-ring (bicyclic) bond motifs is 3. The first kappa shape index (κ1) is 16.2. The van der Waals surface area contributed by atoms with E-state index >= 15 is 0 Å². The van der Waals surface area contributed by atoms with Gasteiger partial charge in [-0.1, -0.05) is 48.0 Å². The summed E-state index contributed by atoms with van der Waals surface area (Å²) in [5.41, 5.74) is 3.63. The Balaban J connectivity index is 1.84. The van der Waals surface area contributed by atoms with Gasteiger partial charge in [-0.25, -0.2) is 0 Å². The quantitative estimate of drug-likeness (QED) is 0.540. The van der Waals surface area contributed by atoms with Crippen LogP contribution in [0.4, 0.5) is 5.82 Å². The van der Waals surface area contributed by atoms with Crippen molar-refractivity contribution in [2.45, 2.75) is 5.92 Å². The number of nitrogens with one attached hydrogen (secondary N) is 3. The Morgan fingerprint density at radius 2 is 1.63 bits per heavy atom. The lowest BCUT2D eigenvalue weighted by Gasteiger charge is -2.27. The molecule has 132 valence electrons. The van der Waals surface area contributed by atoms with E-state index in [2.05, 4.69) is 15.3 Å². The normalized spacial score (nSPS) is 17.2. The van der Waals surface area contributed by atoms with Crippen molar-refractivity contribution < 1.29 is 4.79 Å². The second kappa shape index (κ2) is 5.77. The number of Topliss-reactive ketones (excluding diaryl/α,β-unsaturated/α-hetero) is 1. The van der Waals surface area contributed by atoms with Crippen molar-refractivity contribution in [1.29, 1.82) is 0 Å². The van der Waals surface area contributed by atoms with Crippen LogP contribution in [-0.2, 0) is 0 Å². The van der Waals surface area contributed by atoms with E-state index in [1.165, 1.54) is 0 Å². The van der Waals surface area contributed by atoms with Crippen molar-refractivity contribution in [3.63, 3.8) is 0 Å². The maximum Gasteiger partial charge on any atom is 0.257 e. The van der Waals surface area contributed by atoms with Crippen molar-refractivity contribution >= 4 is 41.1 Å². The van der Waals surface area contributed by atoms with Crippen molar-refractivity contribution in [3.8, 4) is 0 Å². The zero-order chi connectivity index (χ0) is 18.7. The first-order chi connectivity index (χ1) is 13.0. The topological polar surface area (TPSA) is 77.8 Å². The maximum atomic E-state index is 13.2. The molecule has 0 amide bonds. The van der Waals surface area contributed by atoms with E-state index in [4.69, 9.17) is 23.8 Å². The third-order valence-electron chi connectivity index (χ3n) is 4.97. The molecule has 5 rings (SSSR count). The van der Waals surface area contributed by atoms with E-state index in [-0.39, 0.29) is 16.1 Å². The third-order valence-corrected chi connectivity index (χ3v) is 5.42. The minimum atomic E-state index is -0.524. The molecule has 2 aliphatic rings. The molecule has 0 saturated carbocycles.